The molecule has 0 aliphatic rings. The summed E-state index contributed by atoms with van der Waals surface area (Å²) in [7, 11) is -3.87. The fraction of sp³-hybridized carbons (Fsp3) is 0. The lowest BCUT2D eigenvalue weighted by molar-refractivity contribution is 0.599. The number of benzene rings is 2. The summed E-state index contributed by atoms with van der Waals surface area (Å²) in [5, 5.41) is -0.259. The molecule has 4 N–H and O–H groups in total. The second-order valence-electron chi connectivity index (χ2n) is 4.94. The Morgan fingerprint density at radius 2 is 1.88 bits per heavy atom. The van der Waals surface area contributed by atoms with Crippen LogP contribution in [-0.4, -0.2) is 18.4 Å². The number of imidazole rings is 1. The van der Waals surface area contributed by atoms with Gasteiger partial charge in [-0.25, -0.2) is 17.8 Å². The first kappa shape index (κ1) is 16.3. The van der Waals surface area contributed by atoms with Gasteiger partial charge in [0.1, 0.15) is 5.82 Å². The van der Waals surface area contributed by atoms with Crippen LogP contribution in [0.1, 0.15) is 0 Å². The van der Waals surface area contributed by atoms with Crippen molar-refractivity contribution in [1.29, 1.82) is 0 Å². The summed E-state index contributed by atoms with van der Waals surface area (Å²) in [6.07, 6.45) is 1.58. The monoisotopic (exact) mass is 366 g/mol. The summed E-state index contributed by atoms with van der Waals surface area (Å²) in [5.41, 5.74) is 7.39. The SMILES string of the molecule is Nc1ncc(-c2ccc(NS(=O)(=O)c3ccc(F)c(Cl)c3)cc2)[nH]1. The lowest BCUT2D eigenvalue weighted by atomic mass is 10.1. The molecule has 3 rings (SSSR count). The first-order valence-electron chi connectivity index (χ1n) is 6.74. The Balaban J connectivity index is 1.83. The molecule has 0 unspecified atom stereocenters. The Morgan fingerprint density at radius 3 is 2.46 bits per heavy atom. The van der Waals surface area contributed by atoms with Crippen LogP contribution in [0.2, 0.25) is 5.02 Å². The molecule has 24 heavy (non-hydrogen) atoms. The number of nitrogen functional groups attached to an aromatic ring is 1. The van der Waals surface area contributed by atoms with Crippen molar-refractivity contribution >= 4 is 33.3 Å². The second kappa shape index (κ2) is 6.14. The number of anilines is 2. The van der Waals surface area contributed by atoms with Crippen molar-refractivity contribution < 1.29 is 12.8 Å². The first-order valence-corrected chi connectivity index (χ1v) is 8.60. The fourth-order valence-corrected chi connectivity index (χ4v) is 3.39. The number of nitrogens with two attached hydrogens (primary N) is 1. The Morgan fingerprint density at radius 1 is 1.17 bits per heavy atom. The maximum Gasteiger partial charge on any atom is 0.261 e. The van der Waals surface area contributed by atoms with Crippen LogP contribution in [0.25, 0.3) is 11.3 Å². The average Bonchev–Trinajstić information content (AvgIpc) is 2.97. The Kier molecular flexibility index (Phi) is 4.16. The van der Waals surface area contributed by atoms with E-state index in [1.807, 2.05) is 0 Å². The van der Waals surface area contributed by atoms with E-state index in [0.29, 0.717) is 17.3 Å². The van der Waals surface area contributed by atoms with E-state index in [1.54, 1.807) is 30.5 Å². The second-order valence-corrected chi connectivity index (χ2v) is 7.03. The summed E-state index contributed by atoms with van der Waals surface area (Å²) >= 11 is 5.63. The van der Waals surface area contributed by atoms with Crippen LogP contribution in [0.5, 0.6) is 0 Å². The van der Waals surface area contributed by atoms with Gasteiger partial charge >= 0.3 is 0 Å². The number of aromatic nitrogens is 2. The minimum atomic E-state index is -3.87. The molecule has 0 saturated carbocycles. The highest BCUT2D eigenvalue weighted by molar-refractivity contribution is 7.92. The summed E-state index contributed by atoms with van der Waals surface area (Å²) in [6.45, 7) is 0. The van der Waals surface area contributed by atoms with E-state index in [2.05, 4.69) is 14.7 Å². The molecule has 0 saturated heterocycles. The van der Waals surface area contributed by atoms with E-state index < -0.39 is 15.8 Å². The number of nitrogens with zero attached hydrogens (tertiary/aromatic N) is 1. The third-order valence-corrected chi connectivity index (χ3v) is 4.91. The summed E-state index contributed by atoms with van der Waals surface area (Å²) in [4.78, 5) is 6.65. The Bertz CT molecular complexity index is 987. The number of hydrogen-bond donors (Lipinski definition) is 3. The fourth-order valence-electron chi connectivity index (χ4n) is 2.06. The lowest BCUT2D eigenvalue weighted by Crippen LogP contribution is -2.13. The highest BCUT2D eigenvalue weighted by atomic mass is 35.5. The van der Waals surface area contributed by atoms with Gasteiger partial charge in [0, 0.05) is 5.69 Å². The Labute approximate surface area is 142 Å². The van der Waals surface area contributed by atoms with Gasteiger partial charge in [-0.05, 0) is 35.9 Å². The molecule has 1 heterocycles. The minimum absolute atomic E-state index is 0.126. The molecule has 0 amide bonds. The molecule has 3 aromatic rings. The van der Waals surface area contributed by atoms with Gasteiger partial charge in [0.15, 0.2) is 5.95 Å². The van der Waals surface area contributed by atoms with Gasteiger partial charge in [0.05, 0.1) is 21.8 Å². The smallest absolute Gasteiger partial charge is 0.261 e. The largest absolute Gasteiger partial charge is 0.369 e. The van der Waals surface area contributed by atoms with E-state index in [1.165, 1.54) is 0 Å². The molecular weight excluding hydrogens is 355 g/mol. The van der Waals surface area contributed by atoms with Crippen molar-refractivity contribution in [3.05, 3.63) is 59.5 Å². The van der Waals surface area contributed by atoms with Crippen LogP contribution in [-0.2, 0) is 10.0 Å². The van der Waals surface area contributed by atoms with Gasteiger partial charge in [-0.2, -0.15) is 0 Å². The predicted octanol–water partition coefficient (Wildman–Crippen LogP) is 3.25. The standard InChI is InChI=1S/C15H12ClFN4O2S/c16-12-7-11(5-6-13(12)17)24(22,23)21-10-3-1-9(2-4-10)14-8-19-15(18)20-14/h1-8,21H,(H3,18,19,20). The number of hydrogen-bond acceptors (Lipinski definition) is 4. The molecule has 124 valence electrons. The zero-order chi connectivity index (χ0) is 17.3. The number of rotatable bonds is 4. The van der Waals surface area contributed by atoms with Crippen LogP contribution >= 0.6 is 11.6 Å². The van der Waals surface area contributed by atoms with E-state index in [0.717, 1.165) is 23.8 Å². The van der Waals surface area contributed by atoms with E-state index in [9.17, 15) is 12.8 Å². The molecule has 0 atom stereocenters. The highest BCUT2D eigenvalue weighted by Crippen LogP contribution is 2.24. The number of sulfonamides is 1. The quantitative estimate of drug-likeness (QED) is 0.659. The number of halogens is 2. The maximum absolute atomic E-state index is 13.2. The normalized spacial score (nSPS) is 11.4. The molecule has 6 nitrogen and oxygen atoms in total. The Hall–Kier alpha value is -2.58. The van der Waals surface area contributed by atoms with Crippen LogP contribution in [0.3, 0.4) is 0 Å². The van der Waals surface area contributed by atoms with Crippen LogP contribution in [0.4, 0.5) is 16.0 Å². The summed E-state index contributed by atoms with van der Waals surface area (Å²) in [6, 6.07) is 9.81. The average molecular weight is 367 g/mol. The van der Waals surface area contributed by atoms with Gasteiger partial charge in [0.2, 0.25) is 0 Å². The number of H-pyrrole nitrogens is 1. The molecule has 1 aromatic heterocycles. The van der Waals surface area contributed by atoms with Crippen molar-refractivity contribution in [2.75, 3.05) is 10.5 Å². The molecular formula is C15H12ClFN4O2S. The topological polar surface area (TPSA) is 101 Å². The van der Waals surface area contributed by atoms with Gasteiger partial charge in [-0.1, -0.05) is 23.7 Å². The van der Waals surface area contributed by atoms with Crippen LogP contribution < -0.4 is 10.5 Å². The zero-order valence-electron chi connectivity index (χ0n) is 12.1. The number of aromatic amines is 1. The molecule has 0 spiro atoms. The molecule has 0 radical (unpaired) electrons. The van der Waals surface area contributed by atoms with Crippen molar-refractivity contribution in [2.24, 2.45) is 0 Å². The number of nitrogens with one attached hydrogen (secondary N) is 2. The molecule has 0 aliphatic heterocycles. The van der Waals surface area contributed by atoms with Crippen molar-refractivity contribution in [2.45, 2.75) is 4.90 Å². The molecule has 0 fully saturated rings. The highest BCUT2D eigenvalue weighted by Gasteiger charge is 2.16. The van der Waals surface area contributed by atoms with E-state index in [-0.39, 0.29) is 9.92 Å². The van der Waals surface area contributed by atoms with Crippen molar-refractivity contribution in [1.82, 2.24) is 9.97 Å². The third kappa shape index (κ3) is 3.34. The summed E-state index contributed by atoms with van der Waals surface area (Å²) in [5.74, 6) is -0.387. The van der Waals surface area contributed by atoms with E-state index >= 15 is 0 Å². The van der Waals surface area contributed by atoms with Gasteiger partial charge in [-0.3, -0.25) is 4.72 Å². The van der Waals surface area contributed by atoms with Gasteiger partial charge in [0.25, 0.3) is 10.0 Å². The molecule has 0 aliphatic carbocycles. The third-order valence-electron chi connectivity index (χ3n) is 3.24. The summed E-state index contributed by atoms with van der Waals surface area (Å²) < 4.78 is 40.2. The van der Waals surface area contributed by atoms with Gasteiger partial charge in [-0.15, -0.1) is 0 Å². The predicted molar refractivity (Wildman–Crippen MR) is 90.7 cm³/mol. The first-order chi connectivity index (χ1) is 11.3. The van der Waals surface area contributed by atoms with Crippen molar-refractivity contribution in [3.63, 3.8) is 0 Å². The van der Waals surface area contributed by atoms with Gasteiger partial charge < -0.3 is 10.7 Å². The molecule has 9 heteroatoms. The molecule has 0 bridgehead atoms. The lowest BCUT2D eigenvalue weighted by Gasteiger charge is -2.09. The van der Waals surface area contributed by atoms with E-state index in [4.69, 9.17) is 17.3 Å². The maximum atomic E-state index is 13.2. The minimum Gasteiger partial charge on any atom is -0.369 e. The van der Waals surface area contributed by atoms with Crippen LogP contribution in [0, 0.1) is 5.82 Å². The zero-order valence-corrected chi connectivity index (χ0v) is 13.7. The van der Waals surface area contributed by atoms with Crippen LogP contribution in [0.15, 0.2) is 53.6 Å². The molecule has 2 aromatic carbocycles. The van der Waals surface area contributed by atoms with Crippen molar-refractivity contribution in [3.8, 4) is 11.3 Å².